The minimum absolute atomic E-state index is 0.00311. The SMILES string of the molecule is NCCc1ccc(CNC(=O)Cc2ccc(Cl)cc2)cc1. The number of hydrogen-bond donors (Lipinski definition) is 2. The van der Waals surface area contributed by atoms with Crippen LogP contribution in [0.25, 0.3) is 0 Å². The summed E-state index contributed by atoms with van der Waals surface area (Å²) in [6, 6.07) is 15.5. The Kier molecular flexibility index (Phi) is 5.78. The first-order valence-corrected chi connectivity index (χ1v) is 7.34. The molecule has 0 aliphatic carbocycles. The van der Waals surface area contributed by atoms with E-state index in [4.69, 9.17) is 17.3 Å². The van der Waals surface area contributed by atoms with Gasteiger partial charge in [-0.15, -0.1) is 0 Å². The van der Waals surface area contributed by atoms with Gasteiger partial charge in [-0.25, -0.2) is 0 Å². The van der Waals surface area contributed by atoms with Crippen molar-refractivity contribution in [3.05, 3.63) is 70.2 Å². The Morgan fingerprint density at radius 1 is 0.952 bits per heavy atom. The maximum absolute atomic E-state index is 11.9. The molecule has 0 bridgehead atoms. The molecule has 2 rings (SSSR count). The summed E-state index contributed by atoms with van der Waals surface area (Å²) in [5.74, 6) is 0.00311. The van der Waals surface area contributed by atoms with E-state index in [0.717, 1.165) is 17.5 Å². The first kappa shape index (κ1) is 15.5. The molecule has 0 saturated heterocycles. The molecule has 0 aliphatic heterocycles. The van der Waals surface area contributed by atoms with E-state index in [1.54, 1.807) is 12.1 Å². The molecule has 21 heavy (non-hydrogen) atoms. The molecule has 110 valence electrons. The third-order valence-electron chi connectivity index (χ3n) is 3.22. The lowest BCUT2D eigenvalue weighted by Gasteiger charge is -2.07. The summed E-state index contributed by atoms with van der Waals surface area (Å²) >= 11 is 5.82. The second-order valence-electron chi connectivity index (χ2n) is 4.94. The van der Waals surface area contributed by atoms with Crippen molar-refractivity contribution in [3.8, 4) is 0 Å². The molecule has 0 atom stereocenters. The molecule has 0 saturated carbocycles. The van der Waals surface area contributed by atoms with Crippen LogP contribution in [0.3, 0.4) is 0 Å². The molecule has 0 fully saturated rings. The van der Waals surface area contributed by atoms with Crippen molar-refractivity contribution < 1.29 is 4.79 Å². The van der Waals surface area contributed by atoms with Crippen LogP contribution in [0.2, 0.25) is 5.02 Å². The summed E-state index contributed by atoms with van der Waals surface area (Å²) in [4.78, 5) is 11.9. The molecule has 0 aliphatic rings. The maximum Gasteiger partial charge on any atom is 0.224 e. The van der Waals surface area contributed by atoms with Crippen LogP contribution in [-0.4, -0.2) is 12.5 Å². The van der Waals surface area contributed by atoms with Gasteiger partial charge in [0.05, 0.1) is 6.42 Å². The third-order valence-corrected chi connectivity index (χ3v) is 3.48. The van der Waals surface area contributed by atoms with Gasteiger partial charge in [0.1, 0.15) is 0 Å². The maximum atomic E-state index is 11.9. The fourth-order valence-corrected chi connectivity index (χ4v) is 2.17. The Morgan fingerprint density at radius 3 is 2.14 bits per heavy atom. The van der Waals surface area contributed by atoms with Crippen LogP contribution in [0.15, 0.2) is 48.5 Å². The molecule has 2 aromatic carbocycles. The summed E-state index contributed by atoms with van der Waals surface area (Å²) in [6.07, 6.45) is 1.24. The molecule has 0 heterocycles. The first-order valence-electron chi connectivity index (χ1n) is 6.96. The van der Waals surface area contributed by atoms with Crippen molar-refractivity contribution in [2.45, 2.75) is 19.4 Å². The zero-order chi connectivity index (χ0) is 15.1. The predicted molar refractivity (Wildman–Crippen MR) is 86.2 cm³/mol. The van der Waals surface area contributed by atoms with Crippen LogP contribution in [0, 0.1) is 0 Å². The Labute approximate surface area is 130 Å². The smallest absolute Gasteiger partial charge is 0.224 e. The Morgan fingerprint density at radius 2 is 1.52 bits per heavy atom. The quantitative estimate of drug-likeness (QED) is 0.862. The van der Waals surface area contributed by atoms with Gasteiger partial charge in [-0.3, -0.25) is 4.79 Å². The van der Waals surface area contributed by atoms with E-state index in [9.17, 15) is 4.79 Å². The predicted octanol–water partition coefficient (Wildman–Crippen LogP) is 2.70. The van der Waals surface area contributed by atoms with E-state index in [1.807, 2.05) is 36.4 Å². The average molecular weight is 303 g/mol. The minimum Gasteiger partial charge on any atom is -0.352 e. The highest BCUT2D eigenvalue weighted by atomic mass is 35.5. The van der Waals surface area contributed by atoms with Crippen molar-refractivity contribution in [2.24, 2.45) is 5.73 Å². The van der Waals surface area contributed by atoms with Gasteiger partial charge in [-0.2, -0.15) is 0 Å². The number of benzene rings is 2. The Bertz CT molecular complexity index is 579. The monoisotopic (exact) mass is 302 g/mol. The molecule has 0 spiro atoms. The van der Waals surface area contributed by atoms with E-state index in [2.05, 4.69) is 5.32 Å². The Balaban J connectivity index is 1.81. The van der Waals surface area contributed by atoms with Gasteiger partial charge in [0.15, 0.2) is 0 Å². The number of hydrogen-bond acceptors (Lipinski definition) is 2. The second-order valence-corrected chi connectivity index (χ2v) is 5.37. The van der Waals surface area contributed by atoms with Crippen LogP contribution < -0.4 is 11.1 Å². The molecule has 0 unspecified atom stereocenters. The largest absolute Gasteiger partial charge is 0.352 e. The van der Waals surface area contributed by atoms with Gasteiger partial charge in [-0.05, 0) is 41.8 Å². The number of halogens is 1. The van der Waals surface area contributed by atoms with Crippen molar-refractivity contribution in [1.82, 2.24) is 5.32 Å². The van der Waals surface area contributed by atoms with Gasteiger partial charge < -0.3 is 11.1 Å². The second kappa shape index (κ2) is 7.81. The summed E-state index contributed by atoms with van der Waals surface area (Å²) in [6.45, 7) is 1.19. The fraction of sp³-hybridized carbons (Fsp3) is 0.235. The van der Waals surface area contributed by atoms with Gasteiger partial charge in [0.25, 0.3) is 0 Å². The Hall–Kier alpha value is -1.84. The highest BCUT2D eigenvalue weighted by Gasteiger charge is 2.03. The highest BCUT2D eigenvalue weighted by Crippen LogP contribution is 2.10. The highest BCUT2D eigenvalue weighted by molar-refractivity contribution is 6.30. The minimum atomic E-state index is 0.00311. The lowest BCUT2D eigenvalue weighted by molar-refractivity contribution is -0.120. The van der Waals surface area contributed by atoms with Gasteiger partial charge in [-0.1, -0.05) is 48.0 Å². The van der Waals surface area contributed by atoms with Gasteiger partial charge in [0, 0.05) is 11.6 Å². The molecule has 1 amide bonds. The standard InChI is InChI=1S/C17H19ClN2O/c18-16-7-5-14(6-8-16)11-17(21)20-12-15-3-1-13(2-4-15)9-10-19/h1-8H,9-12,19H2,(H,20,21). The molecular formula is C17H19ClN2O. The average Bonchev–Trinajstić information content (AvgIpc) is 2.49. The van der Waals surface area contributed by atoms with Crippen molar-refractivity contribution in [1.29, 1.82) is 0 Å². The molecule has 0 aromatic heterocycles. The van der Waals surface area contributed by atoms with E-state index < -0.39 is 0 Å². The lowest BCUT2D eigenvalue weighted by atomic mass is 10.1. The van der Waals surface area contributed by atoms with Crippen molar-refractivity contribution in [2.75, 3.05) is 6.54 Å². The van der Waals surface area contributed by atoms with Crippen LogP contribution in [0.1, 0.15) is 16.7 Å². The molecule has 3 nitrogen and oxygen atoms in total. The molecule has 0 radical (unpaired) electrons. The summed E-state index contributed by atoms with van der Waals surface area (Å²) in [7, 11) is 0. The van der Waals surface area contributed by atoms with E-state index >= 15 is 0 Å². The van der Waals surface area contributed by atoms with E-state index in [1.165, 1.54) is 5.56 Å². The van der Waals surface area contributed by atoms with Crippen molar-refractivity contribution >= 4 is 17.5 Å². The summed E-state index contributed by atoms with van der Waals surface area (Å²) in [5, 5.41) is 3.59. The number of carbonyl (C=O) groups is 1. The van der Waals surface area contributed by atoms with Gasteiger partial charge >= 0.3 is 0 Å². The lowest BCUT2D eigenvalue weighted by Crippen LogP contribution is -2.24. The number of nitrogens with one attached hydrogen (secondary N) is 1. The fourth-order valence-electron chi connectivity index (χ4n) is 2.04. The van der Waals surface area contributed by atoms with Crippen LogP contribution >= 0.6 is 11.6 Å². The molecule has 2 aromatic rings. The molecule has 4 heteroatoms. The third kappa shape index (κ3) is 5.21. The zero-order valence-electron chi connectivity index (χ0n) is 11.8. The van der Waals surface area contributed by atoms with E-state index in [0.29, 0.717) is 24.5 Å². The van der Waals surface area contributed by atoms with Crippen LogP contribution in [0.4, 0.5) is 0 Å². The van der Waals surface area contributed by atoms with Crippen LogP contribution in [0.5, 0.6) is 0 Å². The summed E-state index contributed by atoms with van der Waals surface area (Å²) in [5.41, 5.74) is 8.77. The number of nitrogens with two attached hydrogens (primary N) is 1. The number of rotatable bonds is 6. The van der Waals surface area contributed by atoms with Crippen LogP contribution in [-0.2, 0) is 24.2 Å². The normalized spacial score (nSPS) is 10.4. The summed E-state index contributed by atoms with van der Waals surface area (Å²) < 4.78 is 0. The van der Waals surface area contributed by atoms with E-state index in [-0.39, 0.29) is 5.91 Å². The number of amides is 1. The molecular weight excluding hydrogens is 284 g/mol. The zero-order valence-corrected chi connectivity index (χ0v) is 12.6. The molecule has 3 N–H and O–H groups in total. The first-order chi connectivity index (χ1) is 10.2. The van der Waals surface area contributed by atoms with Crippen molar-refractivity contribution in [3.63, 3.8) is 0 Å². The topological polar surface area (TPSA) is 55.1 Å². The number of carbonyl (C=O) groups excluding carboxylic acids is 1. The van der Waals surface area contributed by atoms with Gasteiger partial charge in [0.2, 0.25) is 5.91 Å².